The van der Waals surface area contributed by atoms with E-state index in [0.717, 1.165) is 4.90 Å². The van der Waals surface area contributed by atoms with Gasteiger partial charge in [-0.3, -0.25) is 9.59 Å². The van der Waals surface area contributed by atoms with Crippen LogP contribution in [0.1, 0.15) is 20.7 Å². The standard InChI is InChI=1S/C17H11Cl4NO5S/c1-27-9(23)6-28-8-4-2-7(3-5-8)22-16(24)10-11(17(25)26)13(19)15(21)14(20)12(10)18/h2-5H,6H2,1H3,(H,22,24)(H,25,26). The van der Waals surface area contributed by atoms with E-state index in [1.807, 2.05) is 0 Å². The Bertz CT molecular complexity index is 950. The van der Waals surface area contributed by atoms with Crippen LogP contribution in [0, 0.1) is 0 Å². The lowest BCUT2D eigenvalue weighted by Crippen LogP contribution is -2.18. The van der Waals surface area contributed by atoms with Crippen molar-refractivity contribution in [2.24, 2.45) is 0 Å². The Morgan fingerprint density at radius 3 is 2.00 bits per heavy atom. The lowest BCUT2D eigenvalue weighted by molar-refractivity contribution is -0.137. The molecule has 0 aromatic heterocycles. The van der Waals surface area contributed by atoms with Crippen LogP contribution in [0.2, 0.25) is 20.1 Å². The predicted molar refractivity (Wildman–Crippen MR) is 111 cm³/mol. The van der Waals surface area contributed by atoms with Crippen LogP contribution < -0.4 is 5.32 Å². The van der Waals surface area contributed by atoms with E-state index in [2.05, 4.69) is 10.1 Å². The minimum absolute atomic E-state index is 0.140. The molecule has 0 aliphatic rings. The third-order valence-electron chi connectivity index (χ3n) is 3.40. The van der Waals surface area contributed by atoms with Crippen LogP contribution in [0.4, 0.5) is 5.69 Å². The van der Waals surface area contributed by atoms with Crippen LogP contribution in [-0.2, 0) is 9.53 Å². The molecule has 0 spiro atoms. The zero-order chi connectivity index (χ0) is 21.0. The minimum atomic E-state index is -1.48. The highest BCUT2D eigenvalue weighted by Crippen LogP contribution is 2.41. The molecular weight excluding hydrogens is 472 g/mol. The summed E-state index contributed by atoms with van der Waals surface area (Å²) in [5.41, 5.74) is -0.594. The molecule has 0 aliphatic heterocycles. The van der Waals surface area contributed by atoms with Gasteiger partial charge in [0.25, 0.3) is 5.91 Å². The number of nitrogens with one attached hydrogen (secondary N) is 1. The number of benzene rings is 2. The summed E-state index contributed by atoms with van der Waals surface area (Å²) in [6, 6.07) is 6.49. The van der Waals surface area contributed by atoms with Gasteiger partial charge in [0.05, 0.1) is 44.1 Å². The van der Waals surface area contributed by atoms with Crippen molar-refractivity contribution in [3.05, 3.63) is 55.5 Å². The lowest BCUT2D eigenvalue weighted by atomic mass is 10.1. The Morgan fingerprint density at radius 2 is 1.50 bits per heavy atom. The molecule has 0 radical (unpaired) electrons. The number of carbonyl (C=O) groups is 3. The average Bonchev–Trinajstić information content (AvgIpc) is 2.67. The summed E-state index contributed by atoms with van der Waals surface area (Å²) in [6.07, 6.45) is 0. The van der Waals surface area contributed by atoms with Gasteiger partial charge in [-0.2, -0.15) is 0 Å². The first-order valence-corrected chi connectivity index (χ1v) is 9.87. The number of hydrogen-bond acceptors (Lipinski definition) is 5. The van der Waals surface area contributed by atoms with E-state index in [9.17, 15) is 19.5 Å². The summed E-state index contributed by atoms with van der Waals surface area (Å²) in [7, 11) is 1.30. The van der Waals surface area contributed by atoms with Crippen LogP contribution in [0.5, 0.6) is 0 Å². The lowest BCUT2D eigenvalue weighted by Gasteiger charge is -2.14. The smallest absolute Gasteiger partial charge is 0.338 e. The Morgan fingerprint density at radius 1 is 0.964 bits per heavy atom. The van der Waals surface area contributed by atoms with Crippen molar-refractivity contribution >= 4 is 81.7 Å². The molecule has 2 aromatic rings. The van der Waals surface area contributed by atoms with Gasteiger partial charge < -0.3 is 15.2 Å². The molecule has 0 atom stereocenters. The number of carboxylic acid groups (broad SMARTS) is 1. The molecule has 148 valence electrons. The molecule has 0 saturated heterocycles. The Kier molecular flexibility index (Phi) is 7.86. The number of ether oxygens (including phenoxy) is 1. The molecule has 0 unspecified atom stereocenters. The van der Waals surface area contributed by atoms with Crippen molar-refractivity contribution in [3.8, 4) is 0 Å². The van der Waals surface area contributed by atoms with Gasteiger partial charge in [0.1, 0.15) is 0 Å². The summed E-state index contributed by atoms with van der Waals surface area (Å²) in [4.78, 5) is 36.1. The van der Waals surface area contributed by atoms with Gasteiger partial charge in [-0.05, 0) is 24.3 Å². The molecule has 0 heterocycles. The molecule has 28 heavy (non-hydrogen) atoms. The van der Waals surface area contributed by atoms with Gasteiger partial charge in [-0.25, -0.2) is 4.79 Å². The van der Waals surface area contributed by atoms with Crippen molar-refractivity contribution in [3.63, 3.8) is 0 Å². The number of amides is 1. The molecule has 1 amide bonds. The second kappa shape index (κ2) is 9.71. The summed E-state index contributed by atoms with van der Waals surface area (Å²) in [5, 5.41) is 10.7. The summed E-state index contributed by atoms with van der Waals surface area (Å²) in [5.74, 6) is -2.53. The van der Waals surface area contributed by atoms with Crippen LogP contribution in [-0.4, -0.2) is 35.8 Å². The monoisotopic (exact) mass is 481 g/mol. The van der Waals surface area contributed by atoms with Gasteiger partial charge in [0.2, 0.25) is 0 Å². The highest BCUT2D eigenvalue weighted by atomic mass is 35.5. The molecule has 2 aromatic carbocycles. The number of thioether (sulfide) groups is 1. The SMILES string of the molecule is COC(=O)CSc1ccc(NC(=O)c2c(Cl)c(Cl)c(Cl)c(Cl)c2C(=O)O)cc1. The molecule has 0 bridgehead atoms. The van der Waals surface area contributed by atoms with Gasteiger partial charge >= 0.3 is 11.9 Å². The van der Waals surface area contributed by atoms with E-state index in [-0.39, 0.29) is 31.8 Å². The number of hydrogen-bond donors (Lipinski definition) is 2. The minimum Gasteiger partial charge on any atom is -0.478 e. The number of aromatic carboxylic acids is 1. The van der Waals surface area contributed by atoms with Gasteiger partial charge in [0.15, 0.2) is 0 Å². The molecule has 0 aliphatic carbocycles. The Labute approximate surface area is 184 Å². The first kappa shape index (κ1) is 22.6. The Hall–Kier alpha value is -1.64. The van der Waals surface area contributed by atoms with E-state index in [1.165, 1.54) is 18.9 Å². The van der Waals surface area contributed by atoms with Crippen molar-refractivity contribution in [1.29, 1.82) is 0 Å². The first-order valence-electron chi connectivity index (χ1n) is 7.37. The quantitative estimate of drug-likeness (QED) is 0.244. The number of methoxy groups -OCH3 is 1. The molecule has 2 N–H and O–H groups in total. The maximum absolute atomic E-state index is 12.6. The summed E-state index contributed by atoms with van der Waals surface area (Å²) < 4.78 is 4.56. The van der Waals surface area contributed by atoms with Gasteiger partial charge in [-0.1, -0.05) is 46.4 Å². The maximum atomic E-state index is 12.6. The number of anilines is 1. The van der Waals surface area contributed by atoms with Crippen molar-refractivity contribution in [2.45, 2.75) is 4.90 Å². The van der Waals surface area contributed by atoms with Crippen LogP contribution in [0.25, 0.3) is 0 Å². The van der Waals surface area contributed by atoms with E-state index in [0.29, 0.717) is 5.69 Å². The Balaban J connectivity index is 2.28. The highest BCUT2D eigenvalue weighted by Gasteiger charge is 2.28. The molecule has 6 nitrogen and oxygen atoms in total. The largest absolute Gasteiger partial charge is 0.478 e. The predicted octanol–water partition coefficient (Wildman–Crippen LogP) is 5.52. The molecule has 2 rings (SSSR count). The fourth-order valence-electron chi connectivity index (χ4n) is 2.07. The van der Waals surface area contributed by atoms with Crippen LogP contribution in [0.15, 0.2) is 29.2 Å². The second-order valence-electron chi connectivity index (χ2n) is 5.15. The van der Waals surface area contributed by atoms with E-state index < -0.39 is 23.0 Å². The second-order valence-corrected chi connectivity index (χ2v) is 7.72. The number of halogens is 4. The van der Waals surface area contributed by atoms with Crippen molar-refractivity contribution in [1.82, 2.24) is 0 Å². The number of carboxylic acids is 1. The maximum Gasteiger partial charge on any atom is 0.338 e. The van der Waals surface area contributed by atoms with Gasteiger partial charge in [-0.15, -0.1) is 11.8 Å². The fourth-order valence-corrected chi connectivity index (χ4v) is 3.83. The average molecular weight is 483 g/mol. The van der Waals surface area contributed by atoms with E-state index >= 15 is 0 Å². The summed E-state index contributed by atoms with van der Waals surface area (Å²) in [6.45, 7) is 0. The van der Waals surface area contributed by atoms with Crippen LogP contribution >= 0.6 is 58.2 Å². The third-order valence-corrected chi connectivity index (χ3v) is 6.19. The molecule has 11 heteroatoms. The molecular formula is C17H11Cl4NO5S. The molecule has 0 fully saturated rings. The number of rotatable bonds is 6. The van der Waals surface area contributed by atoms with Gasteiger partial charge in [0, 0.05) is 10.6 Å². The normalized spacial score (nSPS) is 10.5. The van der Waals surface area contributed by atoms with E-state index in [1.54, 1.807) is 24.3 Å². The highest BCUT2D eigenvalue weighted by molar-refractivity contribution is 8.00. The van der Waals surface area contributed by atoms with Crippen molar-refractivity contribution < 1.29 is 24.2 Å². The molecule has 0 saturated carbocycles. The zero-order valence-electron chi connectivity index (χ0n) is 14.0. The van der Waals surface area contributed by atoms with Crippen LogP contribution in [0.3, 0.4) is 0 Å². The first-order chi connectivity index (χ1) is 13.2. The van der Waals surface area contributed by atoms with Crippen molar-refractivity contribution in [2.75, 3.05) is 18.2 Å². The zero-order valence-corrected chi connectivity index (χ0v) is 17.9. The summed E-state index contributed by atoms with van der Waals surface area (Å²) >= 11 is 25.0. The topological polar surface area (TPSA) is 92.7 Å². The third kappa shape index (κ3) is 5.04. The van der Waals surface area contributed by atoms with E-state index in [4.69, 9.17) is 46.4 Å². The number of esters is 1. The number of carbonyl (C=O) groups excluding carboxylic acids is 2. The fraction of sp³-hybridized carbons (Fsp3) is 0.118.